The van der Waals surface area contributed by atoms with E-state index in [-0.39, 0.29) is 0 Å². The lowest BCUT2D eigenvalue weighted by molar-refractivity contribution is -0.130. The van der Waals surface area contributed by atoms with E-state index in [0.717, 1.165) is 24.4 Å². The molecule has 148 valence electrons. The standard InChI is InChI=1S/C23H40N2O/c1-3-18-6-11-24(12-7-18)20-8-13-25(14-9-20)21-5-10-23(17-21)15-19(16-23)22(26)4-2/h18-21H,3-17H2,1-2H3/t19?,21-,23?/m1/s1. The quantitative estimate of drug-likeness (QED) is 0.721. The summed E-state index contributed by atoms with van der Waals surface area (Å²) in [5.74, 6) is 1.93. The van der Waals surface area contributed by atoms with Crippen LogP contribution in [0.25, 0.3) is 0 Å². The Morgan fingerprint density at radius 3 is 2.08 bits per heavy atom. The third-order valence-electron chi connectivity index (χ3n) is 8.60. The van der Waals surface area contributed by atoms with Crippen LogP contribution in [0.1, 0.15) is 84.5 Å². The van der Waals surface area contributed by atoms with Crippen molar-refractivity contribution < 1.29 is 4.79 Å². The first-order valence-electron chi connectivity index (χ1n) is 11.6. The molecule has 2 saturated heterocycles. The van der Waals surface area contributed by atoms with Crippen molar-refractivity contribution >= 4 is 5.78 Å². The highest BCUT2D eigenvalue weighted by Crippen LogP contribution is 2.57. The van der Waals surface area contributed by atoms with Crippen molar-refractivity contribution in [1.82, 2.24) is 9.80 Å². The Labute approximate surface area is 160 Å². The van der Waals surface area contributed by atoms with E-state index in [1.54, 1.807) is 0 Å². The molecule has 0 N–H and O–H groups in total. The first kappa shape index (κ1) is 18.9. The summed E-state index contributed by atoms with van der Waals surface area (Å²) in [6, 6.07) is 1.68. The number of carbonyl (C=O) groups is 1. The second kappa shape index (κ2) is 7.91. The highest BCUT2D eigenvalue weighted by molar-refractivity contribution is 5.81. The van der Waals surface area contributed by atoms with Gasteiger partial charge in [0.15, 0.2) is 0 Å². The monoisotopic (exact) mass is 360 g/mol. The molecule has 1 spiro atoms. The first-order chi connectivity index (χ1) is 12.6. The van der Waals surface area contributed by atoms with E-state index in [9.17, 15) is 4.79 Å². The van der Waals surface area contributed by atoms with Crippen molar-refractivity contribution in [1.29, 1.82) is 0 Å². The number of hydrogen-bond acceptors (Lipinski definition) is 3. The third-order valence-corrected chi connectivity index (χ3v) is 8.60. The molecule has 0 aromatic heterocycles. The van der Waals surface area contributed by atoms with Crippen molar-refractivity contribution in [3.63, 3.8) is 0 Å². The Morgan fingerprint density at radius 1 is 0.846 bits per heavy atom. The summed E-state index contributed by atoms with van der Waals surface area (Å²) in [6.45, 7) is 9.72. The number of piperidine rings is 2. The van der Waals surface area contributed by atoms with E-state index in [1.807, 2.05) is 6.92 Å². The van der Waals surface area contributed by atoms with Crippen molar-refractivity contribution in [2.75, 3.05) is 26.2 Å². The highest BCUT2D eigenvalue weighted by atomic mass is 16.1. The molecule has 0 aromatic rings. The predicted molar refractivity (Wildman–Crippen MR) is 107 cm³/mol. The summed E-state index contributed by atoms with van der Waals surface area (Å²) in [7, 11) is 0. The molecular weight excluding hydrogens is 320 g/mol. The number of carbonyl (C=O) groups excluding carboxylic acids is 1. The summed E-state index contributed by atoms with van der Waals surface area (Å²) < 4.78 is 0. The van der Waals surface area contributed by atoms with Gasteiger partial charge in [-0.3, -0.25) is 4.79 Å². The Hall–Kier alpha value is -0.410. The molecule has 0 radical (unpaired) electrons. The molecule has 3 nitrogen and oxygen atoms in total. The molecule has 0 bridgehead atoms. The Morgan fingerprint density at radius 2 is 1.46 bits per heavy atom. The van der Waals surface area contributed by atoms with E-state index in [0.29, 0.717) is 17.1 Å². The Kier molecular flexibility index (Phi) is 5.76. The van der Waals surface area contributed by atoms with Crippen molar-refractivity contribution in [3.05, 3.63) is 0 Å². The lowest BCUT2D eigenvalue weighted by atomic mass is 9.59. The maximum Gasteiger partial charge on any atom is 0.135 e. The fourth-order valence-corrected chi connectivity index (χ4v) is 6.70. The van der Waals surface area contributed by atoms with Gasteiger partial charge in [0.25, 0.3) is 0 Å². The third kappa shape index (κ3) is 3.76. The lowest BCUT2D eigenvalue weighted by Crippen LogP contribution is -2.50. The molecule has 2 aliphatic carbocycles. The summed E-state index contributed by atoms with van der Waals surface area (Å²) in [5, 5.41) is 0. The summed E-state index contributed by atoms with van der Waals surface area (Å²) in [4.78, 5) is 17.6. The minimum atomic E-state index is 0.413. The van der Waals surface area contributed by atoms with Gasteiger partial charge >= 0.3 is 0 Å². The molecule has 26 heavy (non-hydrogen) atoms. The topological polar surface area (TPSA) is 23.6 Å². The van der Waals surface area contributed by atoms with Crippen LogP contribution in [0, 0.1) is 17.3 Å². The molecule has 3 heteroatoms. The average Bonchev–Trinajstić information content (AvgIpc) is 3.12. The molecule has 2 aliphatic heterocycles. The van der Waals surface area contributed by atoms with Crippen LogP contribution in [0.2, 0.25) is 0 Å². The van der Waals surface area contributed by atoms with Crippen molar-refractivity contribution in [2.45, 2.75) is 96.6 Å². The normalized spacial score (nSPS) is 37.9. The van der Waals surface area contributed by atoms with Crippen LogP contribution in [-0.4, -0.2) is 53.8 Å². The smallest absolute Gasteiger partial charge is 0.135 e. The largest absolute Gasteiger partial charge is 0.300 e. The minimum Gasteiger partial charge on any atom is -0.300 e. The van der Waals surface area contributed by atoms with Crippen LogP contribution in [0.5, 0.6) is 0 Å². The van der Waals surface area contributed by atoms with E-state index >= 15 is 0 Å². The number of likely N-dealkylation sites (tertiary alicyclic amines) is 2. The highest BCUT2D eigenvalue weighted by Gasteiger charge is 2.51. The van der Waals surface area contributed by atoms with E-state index in [4.69, 9.17) is 0 Å². The van der Waals surface area contributed by atoms with Gasteiger partial charge in [-0.15, -0.1) is 0 Å². The van der Waals surface area contributed by atoms with Gasteiger partial charge in [-0.25, -0.2) is 0 Å². The number of rotatable bonds is 5. The lowest BCUT2D eigenvalue weighted by Gasteiger charge is -2.46. The second-order valence-corrected chi connectivity index (χ2v) is 9.98. The van der Waals surface area contributed by atoms with Gasteiger partial charge in [0.1, 0.15) is 5.78 Å². The minimum absolute atomic E-state index is 0.413. The van der Waals surface area contributed by atoms with Crippen LogP contribution in [0.3, 0.4) is 0 Å². The maximum atomic E-state index is 11.9. The van der Waals surface area contributed by atoms with Crippen LogP contribution in [0.4, 0.5) is 0 Å². The summed E-state index contributed by atoms with van der Waals surface area (Å²) in [6.07, 6.45) is 14.3. The van der Waals surface area contributed by atoms with Gasteiger partial charge in [-0.05, 0) is 95.3 Å². The van der Waals surface area contributed by atoms with Crippen LogP contribution in [-0.2, 0) is 4.79 Å². The predicted octanol–water partition coefficient (Wildman–Crippen LogP) is 4.50. The van der Waals surface area contributed by atoms with Gasteiger partial charge in [0.2, 0.25) is 0 Å². The zero-order chi connectivity index (χ0) is 18.1. The van der Waals surface area contributed by atoms with Crippen molar-refractivity contribution in [3.8, 4) is 0 Å². The Bertz CT molecular complexity index is 482. The van der Waals surface area contributed by atoms with Gasteiger partial charge in [-0.1, -0.05) is 20.3 Å². The summed E-state index contributed by atoms with van der Waals surface area (Å²) in [5.41, 5.74) is 0.555. The molecule has 4 aliphatic rings. The molecule has 0 unspecified atom stereocenters. The molecule has 0 aromatic carbocycles. The number of hydrogen-bond donors (Lipinski definition) is 0. The number of Topliss-reactive ketones (excluding diaryl/α,β-unsaturated/α-hetero) is 1. The summed E-state index contributed by atoms with van der Waals surface area (Å²) >= 11 is 0. The molecule has 0 amide bonds. The average molecular weight is 361 g/mol. The van der Waals surface area contributed by atoms with Crippen molar-refractivity contribution in [2.24, 2.45) is 17.3 Å². The molecule has 1 atom stereocenters. The van der Waals surface area contributed by atoms with Crippen LogP contribution < -0.4 is 0 Å². The number of nitrogens with zero attached hydrogens (tertiary/aromatic N) is 2. The molecular formula is C23H40N2O. The first-order valence-corrected chi connectivity index (χ1v) is 11.6. The van der Waals surface area contributed by atoms with E-state index in [2.05, 4.69) is 16.7 Å². The van der Waals surface area contributed by atoms with E-state index in [1.165, 1.54) is 90.4 Å². The molecule has 2 heterocycles. The molecule has 2 saturated carbocycles. The van der Waals surface area contributed by atoms with Gasteiger partial charge < -0.3 is 9.80 Å². The zero-order valence-corrected chi connectivity index (χ0v) is 17.2. The van der Waals surface area contributed by atoms with Gasteiger partial charge in [-0.2, -0.15) is 0 Å². The van der Waals surface area contributed by atoms with Gasteiger partial charge in [0.05, 0.1) is 0 Å². The maximum absolute atomic E-state index is 11.9. The number of ketones is 1. The Balaban J connectivity index is 1.21. The fourth-order valence-electron chi connectivity index (χ4n) is 6.70. The van der Waals surface area contributed by atoms with Crippen LogP contribution in [0.15, 0.2) is 0 Å². The van der Waals surface area contributed by atoms with Crippen LogP contribution >= 0.6 is 0 Å². The van der Waals surface area contributed by atoms with E-state index < -0.39 is 0 Å². The van der Waals surface area contributed by atoms with Gasteiger partial charge in [0, 0.05) is 24.4 Å². The SMILES string of the molecule is CCC(=O)C1CC2(CC[C@@H](N3CCC(N4CCC(CC)CC4)CC3)C2)C1. The second-order valence-electron chi connectivity index (χ2n) is 9.98. The zero-order valence-electron chi connectivity index (χ0n) is 17.2. The molecule has 4 rings (SSSR count). The molecule has 4 fully saturated rings. The fraction of sp³-hybridized carbons (Fsp3) is 0.957.